The summed E-state index contributed by atoms with van der Waals surface area (Å²) in [6.07, 6.45) is 10.5. The molecule has 0 saturated heterocycles. The van der Waals surface area contributed by atoms with E-state index in [2.05, 4.69) is 44.2 Å². The van der Waals surface area contributed by atoms with Crippen molar-refractivity contribution in [2.75, 3.05) is 0 Å². The van der Waals surface area contributed by atoms with Crippen LogP contribution in [0.5, 0.6) is 0 Å². The summed E-state index contributed by atoms with van der Waals surface area (Å²) in [6, 6.07) is 10.3. The monoisotopic (exact) mass is 200 g/mol. The van der Waals surface area contributed by atoms with E-state index in [1.807, 2.05) is 18.2 Å². The lowest BCUT2D eigenvalue weighted by Crippen LogP contribution is -1.71. The first kappa shape index (κ1) is 11.8. The molecule has 15 heavy (non-hydrogen) atoms. The second-order valence-corrected chi connectivity index (χ2v) is 3.99. The average molecular weight is 200 g/mol. The summed E-state index contributed by atoms with van der Waals surface area (Å²) in [5.74, 6) is 0. The molecule has 0 fully saturated rings. The minimum Gasteiger partial charge on any atom is -0.0845 e. The third-order valence-corrected chi connectivity index (χ3v) is 2.40. The maximum Gasteiger partial charge on any atom is -0.0317 e. The van der Waals surface area contributed by atoms with Gasteiger partial charge in [-0.1, -0.05) is 59.7 Å². The van der Waals surface area contributed by atoms with Crippen LogP contribution in [-0.4, -0.2) is 0 Å². The molecule has 0 N–H and O–H groups in total. The molecule has 1 aliphatic rings. The van der Waals surface area contributed by atoms with Gasteiger partial charge in [-0.15, -0.1) is 0 Å². The van der Waals surface area contributed by atoms with E-state index in [-0.39, 0.29) is 0 Å². The second kappa shape index (κ2) is 7.05. The molecular formula is C15H20. The van der Waals surface area contributed by atoms with Crippen LogP contribution >= 0.6 is 0 Å². The molecule has 80 valence electrons. The molecule has 0 unspecified atom stereocenters. The summed E-state index contributed by atoms with van der Waals surface area (Å²) < 4.78 is 0. The van der Waals surface area contributed by atoms with E-state index in [0.29, 0.717) is 0 Å². The maximum atomic E-state index is 2.23. The maximum absolute atomic E-state index is 2.23. The molecule has 0 bridgehead atoms. The van der Waals surface area contributed by atoms with Gasteiger partial charge in [0.15, 0.2) is 0 Å². The number of hydrogen-bond acceptors (Lipinski definition) is 0. The largest absolute Gasteiger partial charge is 0.0845 e. The highest BCUT2D eigenvalue weighted by atomic mass is 14.0. The van der Waals surface area contributed by atoms with E-state index in [4.69, 9.17) is 0 Å². The quantitative estimate of drug-likeness (QED) is 0.571. The van der Waals surface area contributed by atoms with Gasteiger partial charge in [-0.25, -0.2) is 0 Å². The van der Waals surface area contributed by atoms with Crippen LogP contribution in [0.3, 0.4) is 0 Å². The van der Waals surface area contributed by atoms with Gasteiger partial charge >= 0.3 is 0 Å². The van der Waals surface area contributed by atoms with Crippen LogP contribution in [0.25, 0.3) is 0 Å². The zero-order valence-corrected chi connectivity index (χ0v) is 9.74. The molecule has 0 spiro atoms. The Labute approximate surface area is 93.3 Å². The van der Waals surface area contributed by atoms with Crippen LogP contribution in [0.2, 0.25) is 0 Å². The molecule has 1 aliphatic carbocycles. The molecule has 1 aromatic carbocycles. The summed E-state index contributed by atoms with van der Waals surface area (Å²) in [7, 11) is 0. The van der Waals surface area contributed by atoms with Gasteiger partial charge in [0.05, 0.1) is 0 Å². The Morgan fingerprint density at radius 2 is 1.73 bits per heavy atom. The van der Waals surface area contributed by atoms with Gasteiger partial charge in [0.25, 0.3) is 0 Å². The first-order valence-electron chi connectivity index (χ1n) is 5.63. The average Bonchev–Trinajstić information content (AvgIpc) is 2.48. The van der Waals surface area contributed by atoms with E-state index in [1.165, 1.54) is 30.4 Å². The van der Waals surface area contributed by atoms with Gasteiger partial charge in [0.2, 0.25) is 0 Å². The number of benzene rings is 1. The Kier molecular flexibility index (Phi) is 5.54. The third kappa shape index (κ3) is 5.90. The van der Waals surface area contributed by atoms with Crippen molar-refractivity contribution in [1.29, 1.82) is 0 Å². The smallest absolute Gasteiger partial charge is 0.0317 e. The summed E-state index contributed by atoms with van der Waals surface area (Å²) in [4.78, 5) is 0. The van der Waals surface area contributed by atoms with E-state index in [9.17, 15) is 0 Å². The van der Waals surface area contributed by atoms with Gasteiger partial charge in [-0.3, -0.25) is 0 Å². The van der Waals surface area contributed by atoms with Crippen molar-refractivity contribution < 1.29 is 0 Å². The number of rotatable bonds is 0. The molecular weight excluding hydrogens is 180 g/mol. The van der Waals surface area contributed by atoms with E-state index >= 15 is 0 Å². The first-order chi connectivity index (χ1) is 7.29. The highest BCUT2D eigenvalue weighted by Gasteiger charge is 1.90. The fourth-order valence-corrected chi connectivity index (χ4v) is 1.44. The van der Waals surface area contributed by atoms with Gasteiger partial charge in [-0.05, 0) is 33.1 Å². The van der Waals surface area contributed by atoms with Gasteiger partial charge in [0.1, 0.15) is 0 Å². The van der Waals surface area contributed by atoms with Crippen molar-refractivity contribution in [1.82, 2.24) is 0 Å². The van der Waals surface area contributed by atoms with Crippen molar-refractivity contribution >= 4 is 0 Å². The molecule has 0 radical (unpaired) electrons. The van der Waals surface area contributed by atoms with Crippen LogP contribution < -0.4 is 0 Å². The van der Waals surface area contributed by atoms with Crippen molar-refractivity contribution in [2.45, 2.75) is 33.1 Å². The Morgan fingerprint density at radius 1 is 1.00 bits per heavy atom. The van der Waals surface area contributed by atoms with Gasteiger partial charge < -0.3 is 0 Å². The van der Waals surface area contributed by atoms with Gasteiger partial charge in [-0.2, -0.15) is 0 Å². The molecule has 0 heteroatoms. The second-order valence-electron chi connectivity index (χ2n) is 3.99. The lowest BCUT2D eigenvalue weighted by Gasteiger charge is -1.91. The van der Waals surface area contributed by atoms with Crippen molar-refractivity contribution in [3.05, 3.63) is 59.7 Å². The van der Waals surface area contributed by atoms with E-state index < -0.39 is 0 Å². The Morgan fingerprint density at radius 3 is 2.33 bits per heavy atom. The predicted octanol–water partition coefficient (Wildman–Crippen LogP) is 4.67. The first-order valence-corrected chi connectivity index (χ1v) is 5.63. The van der Waals surface area contributed by atoms with Gasteiger partial charge in [0, 0.05) is 0 Å². The zero-order valence-electron chi connectivity index (χ0n) is 9.74. The van der Waals surface area contributed by atoms with Crippen LogP contribution in [0.15, 0.2) is 54.1 Å². The Balaban J connectivity index is 0.000000151. The molecule has 0 amide bonds. The van der Waals surface area contributed by atoms with Crippen molar-refractivity contribution in [2.24, 2.45) is 0 Å². The predicted molar refractivity (Wildman–Crippen MR) is 67.9 cm³/mol. The highest BCUT2D eigenvalue weighted by molar-refractivity contribution is 5.12. The van der Waals surface area contributed by atoms with Crippen LogP contribution in [-0.2, 0) is 0 Å². The fraction of sp³-hybridized carbons (Fsp3) is 0.333. The SMILES string of the molecule is CC1=CC=CCCC1.Cc1ccccc1. The minimum absolute atomic E-state index is 1.26. The molecule has 0 aliphatic heterocycles. The summed E-state index contributed by atoms with van der Waals surface area (Å²) in [5, 5.41) is 0. The summed E-state index contributed by atoms with van der Waals surface area (Å²) >= 11 is 0. The Bertz CT molecular complexity index is 317. The Hall–Kier alpha value is -1.30. The molecule has 0 heterocycles. The molecule has 0 atom stereocenters. The lowest BCUT2D eigenvalue weighted by molar-refractivity contribution is 0.841. The van der Waals surface area contributed by atoms with Crippen molar-refractivity contribution in [3.8, 4) is 0 Å². The van der Waals surface area contributed by atoms with Crippen LogP contribution in [0.1, 0.15) is 31.7 Å². The number of aryl methyl sites for hydroxylation is 1. The molecule has 0 nitrogen and oxygen atoms in total. The van der Waals surface area contributed by atoms with Crippen LogP contribution in [0.4, 0.5) is 0 Å². The van der Waals surface area contributed by atoms with Crippen molar-refractivity contribution in [3.63, 3.8) is 0 Å². The topological polar surface area (TPSA) is 0 Å². The fourth-order valence-electron chi connectivity index (χ4n) is 1.44. The number of hydrogen-bond donors (Lipinski definition) is 0. The molecule has 0 saturated carbocycles. The summed E-state index contributed by atoms with van der Waals surface area (Å²) in [6.45, 7) is 4.27. The standard InChI is InChI=1S/C8H12.C7H8/c1-8-6-4-2-3-5-7-8;1-7-5-3-2-4-6-7/h2,4,6H,3,5,7H2,1H3;2-6H,1H3. The zero-order chi connectivity index (χ0) is 10.9. The lowest BCUT2D eigenvalue weighted by atomic mass is 10.1. The van der Waals surface area contributed by atoms with E-state index in [1.54, 1.807) is 0 Å². The van der Waals surface area contributed by atoms with Crippen LogP contribution in [0, 0.1) is 6.92 Å². The molecule has 1 aromatic rings. The molecule has 2 rings (SSSR count). The molecule has 0 aromatic heterocycles. The normalized spacial score (nSPS) is 14.7. The minimum atomic E-state index is 1.26. The number of allylic oxidation sites excluding steroid dienone is 4. The summed E-state index contributed by atoms with van der Waals surface area (Å²) in [5.41, 5.74) is 2.83. The van der Waals surface area contributed by atoms with E-state index in [0.717, 1.165) is 0 Å². The third-order valence-electron chi connectivity index (χ3n) is 2.40. The highest BCUT2D eigenvalue weighted by Crippen LogP contribution is 2.10.